The first-order valence-corrected chi connectivity index (χ1v) is 8.46. The van der Waals surface area contributed by atoms with Gasteiger partial charge in [0, 0.05) is 30.0 Å². The summed E-state index contributed by atoms with van der Waals surface area (Å²) >= 11 is 0. The lowest BCUT2D eigenvalue weighted by molar-refractivity contribution is 0.100. The third-order valence-electron chi connectivity index (χ3n) is 4.12. The topological polar surface area (TPSA) is 100 Å². The number of hydrogen-bond donors (Lipinski definition) is 2. The molecule has 3 aromatic rings. The van der Waals surface area contributed by atoms with Crippen molar-refractivity contribution in [1.29, 1.82) is 0 Å². The van der Waals surface area contributed by atoms with E-state index in [1.165, 1.54) is 0 Å². The van der Waals surface area contributed by atoms with E-state index < -0.39 is 5.91 Å². The molecule has 1 amide bonds. The minimum atomic E-state index is -0.466. The number of hydrogen-bond acceptors (Lipinski definition) is 5. The quantitative estimate of drug-likeness (QED) is 0.628. The molecule has 0 atom stereocenters. The van der Waals surface area contributed by atoms with E-state index in [-0.39, 0.29) is 0 Å². The van der Waals surface area contributed by atoms with Crippen LogP contribution in [-0.4, -0.2) is 31.2 Å². The molecule has 4 N–H and O–H groups in total. The van der Waals surface area contributed by atoms with Gasteiger partial charge in [0.25, 0.3) is 0 Å². The van der Waals surface area contributed by atoms with E-state index in [4.69, 9.17) is 20.9 Å². The highest BCUT2D eigenvalue weighted by Gasteiger charge is 2.09. The maximum Gasteiger partial charge on any atom is 0.248 e. The minimum Gasteiger partial charge on any atom is -0.491 e. The van der Waals surface area contributed by atoms with Crippen LogP contribution in [0.2, 0.25) is 0 Å². The zero-order chi connectivity index (χ0) is 19.2. The Morgan fingerprint density at radius 1 is 1.00 bits per heavy atom. The van der Waals surface area contributed by atoms with Crippen LogP contribution >= 0.6 is 0 Å². The third kappa shape index (κ3) is 4.43. The van der Waals surface area contributed by atoms with Crippen molar-refractivity contribution in [2.24, 2.45) is 5.73 Å². The van der Waals surface area contributed by atoms with E-state index in [1.807, 2.05) is 42.5 Å². The standard InChI is InChI=1S/C21H21N3O3/c1-26-9-10-27-18-4-2-3-16(11-18)17-12-19(20(22)24-13-17)14-5-7-15(8-6-14)21(23)25/h2-8,11-13H,9-10H2,1H3,(H2,22,24)(H2,23,25). The van der Waals surface area contributed by atoms with Crippen LogP contribution in [0.25, 0.3) is 22.3 Å². The first kappa shape index (κ1) is 18.4. The molecule has 3 rings (SSSR count). The second kappa shape index (κ2) is 8.33. The SMILES string of the molecule is COCCOc1cccc(-c2cnc(N)c(-c3ccc(C(N)=O)cc3)c2)c1. The highest BCUT2D eigenvalue weighted by atomic mass is 16.5. The predicted octanol–water partition coefficient (Wildman–Crippen LogP) is 3.12. The number of pyridine rings is 1. The second-order valence-corrected chi connectivity index (χ2v) is 5.97. The number of nitrogen functional groups attached to an aromatic ring is 1. The number of primary amides is 1. The van der Waals surface area contributed by atoms with E-state index in [0.29, 0.717) is 24.6 Å². The number of methoxy groups -OCH3 is 1. The highest BCUT2D eigenvalue weighted by molar-refractivity contribution is 5.93. The normalized spacial score (nSPS) is 10.6. The number of nitrogens with zero attached hydrogens (tertiary/aromatic N) is 1. The van der Waals surface area contributed by atoms with Crippen molar-refractivity contribution < 1.29 is 14.3 Å². The summed E-state index contributed by atoms with van der Waals surface area (Å²) in [5, 5.41) is 0. The molecule has 0 radical (unpaired) electrons. The van der Waals surface area contributed by atoms with Crippen LogP contribution in [0.3, 0.4) is 0 Å². The zero-order valence-corrected chi connectivity index (χ0v) is 15.0. The van der Waals surface area contributed by atoms with Gasteiger partial charge in [-0.2, -0.15) is 0 Å². The Morgan fingerprint density at radius 3 is 2.48 bits per heavy atom. The van der Waals surface area contributed by atoms with Crippen LogP contribution in [0, 0.1) is 0 Å². The molecule has 6 heteroatoms. The number of anilines is 1. The first-order valence-electron chi connectivity index (χ1n) is 8.46. The molecule has 0 bridgehead atoms. The Kier molecular flexibility index (Phi) is 5.68. The van der Waals surface area contributed by atoms with E-state index >= 15 is 0 Å². The number of ether oxygens (including phenoxy) is 2. The number of nitrogens with two attached hydrogens (primary N) is 2. The lowest BCUT2D eigenvalue weighted by atomic mass is 10.00. The number of amides is 1. The summed E-state index contributed by atoms with van der Waals surface area (Å²) in [6.45, 7) is 1.01. The van der Waals surface area contributed by atoms with Gasteiger partial charge in [0.05, 0.1) is 6.61 Å². The second-order valence-electron chi connectivity index (χ2n) is 5.97. The van der Waals surface area contributed by atoms with Crippen molar-refractivity contribution in [3.63, 3.8) is 0 Å². The van der Waals surface area contributed by atoms with Crippen LogP contribution in [-0.2, 0) is 4.74 Å². The monoisotopic (exact) mass is 363 g/mol. The Labute approximate surface area is 157 Å². The summed E-state index contributed by atoms with van der Waals surface area (Å²) in [6.07, 6.45) is 1.73. The fraction of sp³-hybridized carbons (Fsp3) is 0.143. The summed E-state index contributed by atoms with van der Waals surface area (Å²) in [5.41, 5.74) is 15.3. The van der Waals surface area contributed by atoms with Crippen LogP contribution in [0.15, 0.2) is 60.8 Å². The molecule has 0 saturated heterocycles. The number of aromatic nitrogens is 1. The summed E-state index contributed by atoms with van der Waals surface area (Å²) in [6, 6.07) is 16.7. The van der Waals surface area contributed by atoms with Crippen LogP contribution in [0.4, 0.5) is 5.82 Å². The maximum absolute atomic E-state index is 11.2. The molecule has 0 aliphatic carbocycles. The van der Waals surface area contributed by atoms with Crippen molar-refractivity contribution in [3.05, 3.63) is 66.4 Å². The fourth-order valence-corrected chi connectivity index (χ4v) is 2.69. The third-order valence-corrected chi connectivity index (χ3v) is 4.12. The van der Waals surface area contributed by atoms with Crippen LogP contribution in [0.1, 0.15) is 10.4 Å². The maximum atomic E-state index is 11.2. The smallest absolute Gasteiger partial charge is 0.248 e. The number of benzene rings is 2. The molecule has 0 fully saturated rings. The van der Waals surface area contributed by atoms with Crippen molar-refractivity contribution >= 4 is 11.7 Å². The van der Waals surface area contributed by atoms with Crippen molar-refractivity contribution in [2.45, 2.75) is 0 Å². The van der Waals surface area contributed by atoms with Gasteiger partial charge >= 0.3 is 0 Å². The molecular formula is C21H21N3O3. The number of carbonyl (C=O) groups is 1. The Balaban J connectivity index is 1.91. The molecule has 1 heterocycles. The van der Waals surface area contributed by atoms with Gasteiger partial charge < -0.3 is 20.9 Å². The Morgan fingerprint density at radius 2 is 1.78 bits per heavy atom. The first-order chi connectivity index (χ1) is 13.1. The minimum absolute atomic E-state index is 0.415. The Bertz CT molecular complexity index is 940. The van der Waals surface area contributed by atoms with Gasteiger partial charge in [0.15, 0.2) is 0 Å². The molecule has 1 aromatic heterocycles. The zero-order valence-electron chi connectivity index (χ0n) is 15.0. The molecule has 0 aliphatic rings. The largest absolute Gasteiger partial charge is 0.491 e. The van der Waals surface area contributed by atoms with E-state index in [1.54, 1.807) is 25.4 Å². The molecule has 0 spiro atoms. The number of carbonyl (C=O) groups excluding carboxylic acids is 1. The molecule has 0 unspecified atom stereocenters. The lowest BCUT2D eigenvalue weighted by Gasteiger charge is -2.11. The van der Waals surface area contributed by atoms with Crippen molar-refractivity contribution in [2.75, 3.05) is 26.1 Å². The van der Waals surface area contributed by atoms with E-state index in [0.717, 1.165) is 28.0 Å². The van der Waals surface area contributed by atoms with Crippen LogP contribution in [0.5, 0.6) is 5.75 Å². The molecule has 6 nitrogen and oxygen atoms in total. The van der Waals surface area contributed by atoms with Gasteiger partial charge in [-0.25, -0.2) is 4.98 Å². The average molecular weight is 363 g/mol. The fourth-order valence-electron chi connectivity index (χ4n) is 2.69. The van der Waals surface area contributed by atoms with Crippen molar-refractivity contribution in [3.8, 4) is 28.0 Å². The summed E-state index contributed by atoms with van der Waals surface area (Å²) in [4.78, 5) is 15.6. The molecule has 138 valence electrons. The molecule has 27 heavy (non-hydrogen) atoms. The molecule has 2 aromatic carbocycles. The molecule has 0 saturated carbocycles. The van der Waals surface area contributed by atoms with Gasteiger partial charge in [-0.05, 0) is 41.5 Å². The average Bonchev–Trinajstić information content (AvgIpc) is 2.69. The lowest BCUT2D eigenvalue weighted by Crippen LogP contribution is -2.10. The summed E-state index contributed by atoms with van der Waals surface area (Å²) < 4.78 is 10.7. The van der Waals surface area contributed by atoms with Gasteiger partial charge in [0.2, 0.25) is 5.91 Å². The summed E-state index contributed by atoms with van der Waals surface area (Å²) in [7, 11) is 1.64. The van der Waals surface area contributed by atoms with Gasteiger partial charge in [-0.3, -0.25) is 4.79 Å². The molecule has 0 aliphatic heterocycles. The predicted molar refractivity (Wildman–Crippen MR) is 105 cm³/mol. The molecular weight excluding hydrogens is 342 g/mol. The van der Waals surface area contributed by atoms with Crippen molar-refractivity contribution in [1.82, 2.24) is 4.98 Å². The van der Waals surface area contributed by atoms with Crippen LogP contribution < -0.4 is 16.2 Å². The van der Waals surface area contributed by atoms with E-state index in [2.05, 4.69) is 4.98 Å². The van der Waals surface area contributed by atoms with Gasteiger partial charge in [0.1, 0.15) is 18.2 Å². The highest BCUT2D eigenvalue weighted by Crippen LogP contribution is 2.31. The summed E-state index contributed by atoms with van der Waals surface area (Å²) in [5.74, 6) is 0.707. The Hall–Kier alpha value is -3.38. The van der Waals surface area contributed by atoms with Gasteiger partial charge in [-0.15, -0.1) is 0 Å². The van der Waals surface area contributed by atoms with Gasteiger partial charge in [-0.1, -0.05) is 24.3 Å². The van der Waals surface area contributed by atoms with E-state index in [9.17, 15) is 4.79 Å². The number of rotatable bonds is 7.